The molecule has 2 N–H and O–H groups in total. The summed E-state index contributed by atoms with van der Waals surface area (Å²) in [5.74, 6) is -0.668. The van der Waals surface area contributed by atoms with Gasteiger partial charge in [-0.2, -0.15) is 0 Å². The molecule has 2 saturated heterocycles. The predicted molar refractivity (Wildman–Crippen MR) is 71.0 cm³/mol. The molecule has 0 radical (unpaired) electrons. The lowest BCUT2D eigenvalue weighted by Gasteiger charge is -2.31. The second-order valence-corrected chi connectivity index (χ2v) is 5.75. The Balaban J connectivity index is 1.76. The number of urea groups is 1. The van der Waals surface area contributed by atoms with E-state index in [0.29, 0.717) is 13.1 Å². The number of carboxylic acid groups (broad SMARTS) is 1. The monoisotopic (exact) mass is 269 g/mol. The van der Waals surface area contributed by atoms with Crippen molar-refractivity contribution in [2.75, 3.05) is 33.2 Å². The number of aliphatic carboxylic acids is 1. The predicted octanol–water partition coefficient (Wildman–Crippen LogP) is 0.587. The lowest BCUT2D eigenvalue weighted by atomic mass is 10.1. The lowest BCUT2D eigenvalue weighted by molar-refractivity contribution is -0.138. The van der Waals surface area contributed by atoms with Crippen LogP contribution >= 0.6 is 0 Å². The summed E-state index contributed by atoms with van der Waals surface area (Å²) >= 11 is 0. The highest BCUT2D eigenvalue weighted by molar-refractivity contribution is 5.75. The molecule has 2 atom stereocenters. The number of carboxylic acids is 1. The SMILES string of the molecule is CN1CCCC(NC(=O)N2CCC(CC(=O)O)C2)C1. The number of piperidine rings is 1. The summed E-state index contributed by atoms with van der Waals surface area (Å²) in [6.45, 7) is 3.24. The molecule has 19 heavy (non-hydrogen) atoms. The molecule has 2 amide bonds. The average molecular weight is 269 g/mol. The molecule has 6 nitrogen and oxygen atoms in total. The fourth-order valence-corrected chi connectivity index (χ4v) is 2.98. The normalized spacial score (nSPS) is 28.4. The van der Waals surface area contributed by atoms with Gasteiger partial charge in [-0.1, -0.05) is 0 Å². The highest BCUT2D eigenvalue weighted by atomic mass is 16.4. The van der Waals surface area contributed by atoms with Gasteiger partial charge < -0.3 is 20.2 Å². The molecule has 0 spiro atoms. The Morgan fingerprint density at radius 3 is 2.74 bits per heavy atom. The molecule has 0 aromatic rings. The van der Waals surface area contributed by atoms with Crippen molar-refractivity contribution < 1.29 is 14.7 Å². The summed E-state index contributed by atoms with van der Waals surface area (Å²) in [6.07, 6.45) is 3.10. The minimum Gasteiger partial charge on any atom is -0.481 e. The minimum absolute atomic E-state index is 0.0341. The maximum atomic E-state index is 12.1. The Labute approximate surface area is 113 Å². The van der Waals surface area contributed by atoms with E-state index in [9.17, 15) is 9.59 Å². The minimum atomic E-state index is -0.777. The Kier molecular flexibility index (Phi) is 4.63. The molecule has 0 aromatic carbocycles. The summed E-state index contributed by atoms with van der Waals surface area (Å²) in [4.78, 5) is 26.7. The number of nitrogens with one attached hydrogen (secondary N) is 1. The first-order chi connectivity index (χ1) is 9.04. The van der Waals surface area contributed by atoms with Crippen LogP contribution in [-0.4, -0.2) is 66.2 Å². The summed E-state index contributed by atoms with van der Waals surface area (Å²) < 4.78 is 0. The summed E-state index contributed by atoms with van der Waals surface area (Å²) in [5.41, 5.74) is 0. The van der Waals surface area contributed by atoms with Crippen molar-refractivity contribution in [1.82, 2.24) is 15.1 Å². The first-order valence-corrected chi connectivity index (χ1v) is 7.00. The Hall–Kier alpha value is -1.30. The second kappa shape index (κ2) is 6.23. The zero-order valence-corrected chi connectivity index (χ0v) is 11.5. The third kappa shape index (κ3) is 4.09. The number of amides is 2. The third-order valence-electron chi connectivity index (χ3n) is 3.99. The number of likely N-dealkylation sites (tertiary alicyclic amines) is 2. The van der Waals surface area contributed by atoms with Gasteiger partial charge >= 0.3 is 12.0 Å². The van der Waals surface area contributed by atoms with Gasteiger partial charge in [-0.15, -0.1) is 0 Å². The Bertz CT molecular complexity index is 348. The van der Waals surface area contributed by atoms with Crippen molar-refractivity contribution in [3.63, 3.8) is 0 Å². The van der Waals surface area contributed by atoms with Crippen LogP contribution in [0.25, 0.3) is 0 Å². The van der Waals surface area contributed by atoms with Gasteiger partial charge in [-0.25, -0.2) is 4.79 Å². The molecule has 0 aliphatic carbocycles. The second-order valence-electron chi connectivity index (χ2n) is 5.75. The van der Waals surface area contributed by atoms with Crippen molar-refractivity contribution in [2.24, 2.45) is 5.92 Å². The summed E-state index contributed by atoms with van der Waals surface area (Å²) in [7, 11) is 2.07. The molecular formula is C13H23N3O3. The fourth-order valence-electron chi connectivity index (χ4n) is 2.98. The zero-order valence-electron chi connectivity index (χ0n) is 11.5. The van der Waals surface area contributed by atoms with Gasteiger partial charge in [-0.05, 0) is 38.8 Å². The summed E-state index contributed by atoms with van der Waals surface area (Å²) in [5, 5.41) is 11.8. The van der Waals surface area contributed by atoms with Gasteiger partial charge in [-0.3, -0.25) is 4.79 Å². The van der Waals surface area contributed by atoms with Crippen LogP contribution in [0.15, 0.2) is 0 Å². The molecule has 2 fully saturated rings. The van der Waals surface area contributed by atoms with Crippen molar-refractivity contribution >= 4 is 12.0 Å². The molecule has 0 bridgehead atoms. The number of hydrogen-bond donors (Lipinski definition) is 2. The van der Waals surface area contributed by atoms with E-state index < -0.39 is 5.97 Å². The summed E-state index contributed by atoms with van der Waals surface area (Å²) in [6, 6.07) is 0.193. The molecule has 6 heteroatoms. The maximum absolute atomic E-state index is 12.1. The van der Waals surface area contributed by atoms with Crippen LogP contribution in [0.1, 0.15) is 25.7 Å². The van der Waals surface area contributed by atoms with Gasteiger partial charge in [0.25, 0.3) is 0 Å². The number of likely N-dealkylation sites (N-methyl/N-ethyl adjacent to an activating group) is 1. The molecule has 0 saturated carbocycles. The standard InChI is InChI=1S/C13H23N3O3/c1-15-5-2-3-11(9-15)14-13(19)16-6-4-10(8-16)7-12(17)18/h10-11H,2-9H2,1H3,(H,14,19)(H,17,18). The highest BCUT2D eigenvalue weighted by Crippen LogP contribution is 2.20. The lowest BCUT2D eigenvalue weighted by Crippen LogP contribution is -2.50. The molecule has 0 aromatic heterocycles. The van der Waals surface area contributed by atoms with Crippen LogP contribution < -0.4 is 5.32 Å². The Morgan fingerprint density at radius 2 is 2.05 bits per heavy atom. The van der Waals surface area contributed by atoms with Crippen LogP contribution in [0.4, 0.5) is 4.79 Å². The molecule has 2 aliphatic rings. The van der Waals surface area contributed by atoms with E-state index in [1.54, 1.807) is 4.90 Å². The zero-order chi connectivity index (χ0) is 13.8. The van der Waals surface area contributed by atoms with Gasteiger partial charge in [0, 0.05) is 32.1 Å². The molecule has 2 heterocycles. The first-order valence-electron chi connectivity index (χ1n) is 7.00. The molecule has 108 valence electrons. The number of carbonyl (C=O) groups excluding carboxylic acids is 1. The van der Waals surface area contributed by atoms with E-state index in [-0.39, 0.29) is 24.4 Å². The van der Waals surface area contributed by atoms with E-state index in [1.807, 2.05) is 0 Å². The van der Waals surface area contributed by atoms with Crippen LogP contribution in [0.2, 0.25) is 0 Å². The number of nitrogens with zero attached hydrogens (tertiary/aromatic N) is 2. The van der Waals surface area contributed by atoms with Crippen LogP contribution in [0.3, 0.4) is 0 Å². The van der Waals surface area contributed by atoms with Gasteiger partial charge in [0.05, 0.1) is 0 Å². The maximum Gasteiger partial charge on any atom is 0.317 e. The van der Waals surface area contributed by atoms with E-state index in [4.69, 9.17) is 5.11 Å². The van der Waals surface area contributed by atoms with Crippen molar-refractivity contribution in [2.45, 2.75) is 31.7 Å². The molecule has 2 unspecified atom stereocenters. The molecule has 2 aliphatic heterocycles. The van der Waals surface area contributed by atoms with Gasteiger partial charge in [0.15, 0.2) is 0 Å². The van der Waals surface area contributed by atoms with Crippen LogP contribution in [-0.2, 0) is 4.79 Å². The number of carbonyl (C=O) groups is 2. The first kappa shape index (κ1) is 14.1. The van der Waals surface area contributed by atoms with E-state index in [0.717, 1.165) is 32.4 Å². The van der Waals surface area contributed by atoms with Crippen molar-refractivity contribution in [3.8, 4) is 0 Å². The number of rotatable bonds is 3. The largest absolute Gasteiger partial charge is 0.481 e. The molecular weight excluding hydrogens is 246 g/mol. The quantitative estimate of drug-likeness (QED) is 0.786. The van der Waals surface area contributed by atoms with Gasteiger partial charge in [0.1, 0.15) is 0 Å². The third-order valence-corrected chi connectivity index (χ3v) is 3.99. The van der Waals surface area contributed by atoms with Crippen LogP contribution in [0.5, 0.6) is 0 Å². The number of hydrogen-bond acceptors (Lipinski definition) is 3. The van der Waals surface area contributed by atoms with E-state index in [1.165, 1.54) is 0 Å². The Morgan fingerprint density at radius 1 is 1.26 bits per heavy atom. The van der Waals surface area contributed by atoms with E-state index >= 15 is 0 Å². The highest BCUT2D eigenvalue weighted by Gasteiger charge is 2.29. The molecule has 2 rings (SSSR count). The smallest absolute Gasteiger partial charge is 0.317 e. The average Bonchev–Trinajstić information content (AvgIpc) is 2.76. The van der Waals surface area contributed by atoms with E-state index in [2.05, 4.69) is 17.3 Å². The van der Waals surface area contributed by atoms with Crippen LogP contribution in [0, 0.1) is 5.92 Å². The van der Waals surface area contributed by atoms with Crippen molar-refractivity contribution in [1.29, 1.82) is 0 Å². The fraction of sp³-hybridized carbons (Fsp3) is 0.846. The van der Waals surface area contributed by atoms with Gasteiger partial charge in [0.2, 0.25) is 0 Å². The van der Waals surface area contributed by atoms with Crippen molar-refractivity contribution in [3.05, 3.63) is 0 Å². The topological polar surface area (TPSA) is 72.9 Å².